The van der Waals surface area contributed by atoms with E-state index < -0.39 is 6.04 Å². The van der Waals surface area contributed by atoms with Crippen molar-refractivity contribution < 1.29 is 19.1 Å². The lowest BCUT2D eigenvalue weighted by Gasteiger charge is -2.37. The van der Waals surface area contributed by atoms with Crippen LogP contribution in [-0.4, -0.2) is 75.4 Å². The molecular weight excluding hydrogens is 274 g/mol. The monoisotopic (exact) mass is 301 g/mol. The molecule has 0 aromatic rings. The van der Waals surface area contributed by atoms with Crippen molar-refractivity contribution in [1.29, 1.82) is 0 Å². The van der Waals surface area contributed by atoms with E-state index in [9.17, 15) is 9.59 Å². The summed E-state index contributed by atoms with van der Waals surface area (Å²) < 4.78 is 10.0. The van der Waals surface area contributed by atoms with Gasteiger partial charge in [0.2, 0.25) is 5.91 Å². The number of piperazine rings is 1. The summed E-state index contributed by atoms with van der Waals surface area (Å²) in [4.78, 5) is 26.1. The van der Waals surface area contributed by atoms with Gasteiger partial charge in [-0.05, 0) is 20.3 Å². The molecule has 0 radical (unpaired) electrons. The Morgan fingerprint density at radius 1 is 1.48 bits per heavy atom. The Morgan fingerprint density at radius 2 is 2.24 bits per heavy atom. The van der Waals surface area contributed by atoms with Gasteiger partial charge >= 0.3 is 5.97 Å². The van der Waals surface area contributed by atoms with Gasteiger partial charge in [-0.3, -0.25) is 14.5 Å². The minimum absolute atomic E-state index is 0.0673. The Morgan fingerprint density at radius 3 is 2.90 bits per heavy atom. The molecule has 2 unspecified atom stereocenters. The van der Waals surface area contributed by atoms with Crippen molar-refractivity contribution in [2.45, 2.75) is 32.4 Å². The topological polar surface area (TPSA) is 79.9 Å². The molecule has 7 heteroatoms. The predicted molar refractivity (Wildman–Crippen MR) is 79.0 cm³/mol. The van der Waals surface area contributed by atoms with E-state index in [1.54, 1.807) is 14.0 Å². The predicted octanol–water partition coefficient (Wildman–Crippen LogP) is -0.635. The molecule has 0 aromatic carbocycles. The maximum Gasteiger partial charge on any atom is 0.324 e. The van der Waals surface area contributed by atoms with Crippen molar-refractivity contribution in [3.63, 3.8) is 0 Å². The highest BCUT2D eigenvalue weighted by molar-refractivity contribution is 5.83. The third kappa shape index (κ3) is 5.61. The summed E-state index contributed by atoms with van der Waals surface area (Å²) in [5, 5.41) is 6.04. The third-order valence-corrected chi connectivity index (χ3v) is 3.54. The van der Waals surface area contributed by atoms with Gasteiger partial charge in [0.15, 0.2) is 0 Å². The van der Waals surface area contributed by atoms with Crippen molar-refractivity contribution in [3.8, 4) is 0 Å². The minimum atomic E-state index is -0.404. The smallest absolute Gasteiger partial charge is 0.324 e. The molecule has 0 aromatic heterocycles. The highest BCUT2D eigenvalue weighted by Crippen LogP contribution is 2.10. The first-order valence-corrected chi connectivity index (χ1v) is 7.51. The van der Waals surface area contributed by atoms with Crippen LogP contribution >= 0.6 is 0 Å². The number of hydrogen-bond donors (Lipinski definition) is 2. The first kappa shape index (κ1) is 17.9. The average molecular weight is 301 g/mol. The van der Waals surface area contributed by atoms with E-state index in [1.807, 2.05) is 11.8 Å². The summed E-state index contributed by atoms with van der Waals surface area (Å²) >= 11 is 0. The van der Waals surface area contributed by atoms with Crippen LogP contribution in [0.5, 0.6) is 0 Å². The molecule has 0 bridgehead atoms. The Kier molecular flexibility index (Phi) is 8.26. The molecule has 2 N–H and O–H groups in total. The molecule has 1 rings (SSSR count). The molecule has 1 aliphatic rings. The van der Waals surface area contributed by atoms with Gasteiger partial charge in [-0.15, -0.1) is 0 Å². The van der Waals surface area contributed by atoms with E-state index >= 15 is 0 Å². The zero-order valence-electron chi connectivity index (χ0n) is 13.2. The number of rotatable bonds is 8. The van der Waals surface area contributed by atoms with Crippen LogP contribution in [0.2, 0.25) is 0 Å². The zero-order chi connectivity index (χ0) is 15.7. The van der Waals surface area contributed by atoms with E-state index in [1.165, 1.54) is 0 Å². The summed E-state index contributed by atoms with van der Waals surface area (Å²) in [7, 11) is 1.63. The lowest BCUT2D eigenvalue weighted by Crippen LogP contribution is -2.61. The van der Waals surface area contributed by atoms with Gasteiger partial charge in [0.25, 0.3) is 0 Å². The largest absolute Gasteiger partial charge is 0.465 e. The first-order valence-electron chi connectivity index (χ1n) is 7.51. The minimum Gasteiger partial charge on any atom is -0.465 e. The van der Waals surface area contributed by atoms with Gasteiger partial charge in [0.05, 0.1) is 12.6 Å². The van der Waals surface area contributed by atoms with Crippen molar-refractivity contribution in [3.05, 3.63) is 0 Å². The van der Waals surface area contributed by atoms with E-state index in [2.05, 4.69) is 10.6 Å². The second kappa shape index (κ2) is 9.70. The molecule has 0 aliphatic carbocycles. The standard InChI is InChI=1S/C14H27N3O4/c1-4-21-14(19)12-10-15-7-8-17(12)11(2)13(18)16-6-5-9-20-3/h11-12,15H,4-10H2,1-3H3,(H,16,18). The van der Waals surface area contributed by atoms with Gasteiger partial charge in [0.1, 0.15) is 6.04 Å². The number of esters is 1. The molecule has 7 nitrogen and oxygen atoms in total. The molecule has 0 spiro atoms. The molecule has 1 aliphatic heterocycles. The maximum atomic E-state index is 12.2. The van der Waals surface area contributed by atoms with Gasteiger partial charge in [0, 0.05) is 39.9 Å². The quantitative estimate of drug-likeness (QED) is 0.459. The molecule has 1 saturated heterocycles. The summed E-state index contributed by atoms with van der Waals surface area (Å²) in [6.07, 6.45) is 0.776. The number of methoxy groups -OCH3 is 1. The number of hydrogen-bond acceptors (Lipinski definition) is 6. The lowest BCUT2D eigenvalue weighted by atomic mass is 10.1. The van der Waals surface area contributed by atoms with E-state index in [0.717, 1.165) is 13.0 Å². The first-order chi connectivity index (χ1) is 10.1. The van der Waals surface area contributed by atoms with Crippen LogP contribution in [0.1, 0.15) is 20.3 Å². The number of carbonyl (C=O) groups excluding carboxylic acids is 2. The molecule has 2 atom stereocenters. The number of nitrogens with zero attached hydrogens (tertiary/aromatic N) is 1. The summed E-state index contributed by atoms with van der Waals surface area (Å²) in [6, 6.07) is -0.762. The van der Waals surface area contributed by atoms with Crippen LogP contribution in [0.15, 0.2) is 0 Å². The Labute approximate surface area is 126 Å². The number of nitrogens with one attached hydrogen (secondary N) is 2. The summed E-state index contributed by atoms with van der Waals surface area (Å²) in [5.41, 5.74) is 0. The maximum absolute atomic E-state index is 12.2. The molecule has 1 fully saturated rings. The van der Waals surface area contributed by atoms with E-state index in [0.29, 0.717) is 32.8 Å². The molecule has 21 heavy (non-hydrogen) atoms. The van der Waals surface area contributed by atoms with Crippen LogP contribution in [0.3, 0.4) is 0 Å². The number of ether oxygens (including phenoxy) is 2. The Balaban J connectivity index is 2.53. The Bertz CT molecular complexity index is 338. The van der Waals surface area contributed by atoms with Gasteiger partial charge in [-0.25, -0.2) is 0 Å². The van der Waals surface area contributed by atoms with Crippen LogP contribution in [0.4, 0.5) is 0 Å². The van der Waals surface area contributed by atoms with Gasteiger partial charge in [-0.1, -0.05) is 0 Å². The van der Waals surface area contributed by atoms with Crippen molar-refractivity contribution in [2.24, 2.45) is 0 Å². The van der Waals surface area contributed by atoms with Gasteiger partial charge < -0.3 is 20.1 Å². The number of amides is 1. The molecule has 0 saturated carbocycles. The van der Waals surface area contributed by atoms with Crippen molar-refractivity contribution in [1.82, 2.24) is 15.5 Å². The average Bonchev–Trinajstić information content (AvgIpc) is 2.51. The molecule has 1 amide bonds. The van der Waals surface area contributed by atoms with Crippen molar-refractivity contribution in [2.75, 3.05) is 46.5 Å². The fraction of sp³-hybridized carbons (Fsp3) is 0.857. The fourth-order valence-corrected chi connectivity index (χ4v) is 2.37. The lowest BCUT2D eigenvalue weighted by molar-refractivity contribution is -0.152. The van der Waals surface area contributed by atoms with Crippen LogP contribution < -0.4 is 10.6 Å². The normalized spacial score (nSPS) is 20.8. The zero-order valence-corrected chi connectivity index (χ0v) is 13.2. The fourth-order valence-electron chi connectivity index (χ4n) is 2.37. The second-order valence-corrected chi connectivity index (χ2v) is 5.02. The SMILES string of the molecule is CCOC(=O)C1CNCCN1C(C)C(=O)NCCCOC. The molecule has 1 heterocycles. The van der Waals surface area contributed by atoms with Crippen LogP contribution in [0, 0.1) is 0 Å². The highest BCUT2D eigenvalue weighted by atomic mass is 16.5. The number of carbonyl (C=O) groups is 2. The second-order valence-electron chi connectivity index (χ2n) is 5.02. The summed E-state index contributed by atoms with van der Waals surface area (Å²) in [5.74, 6) is -0.342. The van der Waals surface area contributed by atoms with E-state index in [-0.39, 0.29) is 17.9 Å². The Hall–Kier alpha value is -1.18. The van der Waals surface area contributed by atoms with E-state index in [4.69, 9.17) is 9.47 Å². The summed E-state index contributed by atoms with van der Waals surface area (Å²) in [6.45, 7) is 7.07. The molecule has 122 valence electrons. The third-order valence-electron chi connectivity index (χ3n) is 3.54. The van der Waals surface area contributed by atoms with Crippen LogP contribution in [0.25, 0.3) is 0 Å². The molecular formula is C14H27N3O4. The van der Waals surface area contributed by atoms with Crippen molar-refractivity contribution >= 4 is 11.9 Å². The van der Waals surface area contributed by atoms with Gasteiger partial charge in [-0.2, -0.15) is 0 Å². The van der Waals surface area contributed by atoms with Crippen LogP contribution in [-0.2, 0) is 19.1 Å². The highest BCUT2D eigenvalue weighted by Gasteiger charge is 2.35.